The lowest BCUT2D eigenvalue weighted by atomic mass is 10.0. The van der Waals surface area contributed by atoms with Gasteiger partial charge in [0.1, 0.15) is 18.3 Å². The summed E-state index contributed by atoms with van der Waals surface area (Å²) in [6, 6.07) is 14.3. The molecular formula is C23H23FN6. The number of benzene rings is 1. The highest BCUT2D eigenvalue weighted by Gasteiger charge is 2.21. The van der Waals surface area contributed by atoms with Crippen LogP contribution in [-0.2, 0) is 0 Å². The summed E-state index contributed by atoms with van der Waals surface area (Å²) in [4.78, 5) is 13.2. The minimum absolute atomic E-state index is 0.394. The molecule has 1 saturated heterocycles. The van der Waals surface area contributed by atoms with E-state index in [4.69, 9.17) is 10.1 Å². The third-order valence-corrected chi connectivity index (χ3v) is 5.63. The number of pyridine rings is 1. The second-order valence-electron chi connectivity index (χ2n) is 7.60. The van der Waals surface area contributed by atoms with Crippen LogP contribution in [0.15, 0.2) is 61.1 Å². The van der Waals surface area contributed by atoms with E-state index in [0.717, 1.165) is 46.9 Å². The number of hydrogen-bond acceptors (Lipinski definition) is 5. The van der Waals surface area contributed by atoms with Crippen LogP contribution in [0.3, 0.4) is 0 Å². The first-order valence-corrected chi connectivity index (χ1v) is 10.1. The predicted molar refractivity (Wildman–Crippen MR) is 116 cm³/mol. The Labute approximate surface area is 174 Å². The van der Waals surface area contributed by atoms with Gasteiger partial charge in [-0.05, 0) is 30.7 Å². The molecule has 0 N–H and O–H groups in total. The lowest BCUT2D eigenvalue weighted by Gasteiger charge is -2.33. The van der Waals surface area contributed by atoms with Gasteiger partial charge in [-0.15, -0.1) is 0 Å². The van der Waals surface area contributed by atoms with Gasteiger partial charge in [0.15, 0.2) is 5.65 Å². The summed E-state index contributed by atoms with van der Waals surface area (Å²) in [5.41, 5.74) is 5.99. The fourth-order valence-electron chi connectivity index (χ4n) is 3.89. The van der Waals surface area contributed by atoms with Crippen LogP contribution >= 0.6 is 0 Å². The molecule has 0 saturated carbocycles. The molecule has 0 radical (unpaired) electrons. The minimum atomic E-state index is -0.394. The van der Waals surface area contributed by atoms with Crippen LogP contribution in [0, 0.1) is 6.92 Å². The van der Waals surface area contributed by atoms with E-state index in [1.54, 1.807) is 12.4 Å². The van der Waals surface area contributed by atoms with E-state index in [2.05, 4.69) is 41.1 Å². The average Bonchev–Trinajstić information content (AvgIpc) is 3.19. The largest absolute Gasteiger partial charge is 0.354 e. The summed E-state index contributed by atoms with van der Waals surface area (Å²) < 4.78 is 14.8. The summed E-state index contributed by atoms with van der Waals surface area (Å²) in [5.74, 6) is 0.895. The minimum Gasteiger partial charge on any atom is -0.354 e. The SMILES string of the molecule is Cc1ccc(-c2nn3ccc(N4CCN(C[18F])CC4)nc3c2-c2ccncc2)cc1. The van der Waals surface area contributed by atoms with Gasteiger partial charge < -0.3 is 4.90 Å². The Bertz CT molecular complexity index is 1150. The Hall–Kier alpha value is -3.32. The first kappa shape index (κ1) is 18.7. The molecule has 0 bridgehead atoms. The Balaban J connectivity index is 1.63. The molecule has 1 aromatic carbocycles. The smallest absolute Gasteiger partial charge is 0.165 e. The number of fused-ring (bicyclic) bond motifs is 1. The van der Waals surface area contributed by atoms with Crippen molar-refractivity contribution in [1.29, 1.82) is 0 Å². The maximum Gasteiger partial charge on any atom is 0.165 e. The molecule has 0 spiro atoms. The highest BCUT2D eigenvalue weighted by molar-refractivity contribution is 5.90. The Morgan fingerprint density at radius 3 is 2.33 bits per heavy atom. The molecule has 4 aromatic rings. The zero-order valence-corrected chi connectivity index (χ0v) is 16.9. The van der Waals surface area contributed by atoms with Crippen molar-refractivity contribution in [2.75, 3.05) is 37.9 Å². The molecule has 0 aliphatic carbocycles. The van der Waals surface area contributed by atoms with E-state index < -0.39 is 6.80 Å². The number of hydrogen-bond donors (Lipinski definition) is 0. The van der Waals surface area contributed by atoms with Gasteiger partial charge in [0.05, 0.1) is 5.56 Å². The molecule has 6 nitrogen and oxygen atoms in total. The van der Waals surface area contributed by atoms with Crippen LogP contribution in [0.4, 0.5) is 10.2 Å². The van der Waals surface area contributed by atoms with Crippen molar-refractivity contribution < 1.29 is 4.39 Å². The highest BCUT2D eigenvalue weighted by atomic mass is 18.2. The van der Waals surface area contributed by atoms with Gasteiger partial charge in [-0.2, -0.15) is 5.10 Å². The van der Waals surface area contributed by atoms with Crippen LogP contribution in [0.1, 0.15) is 5.56 Å². The van der Waals surface area contributed by atoms with Gasteiger partial charge >= 0.3 is 0 Å². The molecule has 0 atom stereocenters. The van der Waals surface area contributed by atoms with E-state index in [1.165, 1.54) is 5.56 Å². The van der Waals surface area contributed by atoms with Crippen molar-refractivity contribution in [3.8, 4) is 22.4 Å². The quantitative estimate of drug-likeness (QED) is 0.487. The molecule has 3 aromatic heterocycles. The van der Waals surface area contributed by atoms with Crippen LogP contribution < -0.4 is 4.90 Å². The van der Waals surface area contributed by atoms with Crippen LogP contribution in [0.2, 0.25) is 0 Å². The van der Waals surface area contributed by atoms with E-state index in [-0.39, 0.29) is 0 Å². The van der Waals surface area contributed by atoms with E-state index in [1.807, 2.05) is 33.8 Å². The Morgan fingerprint density at radius 1 is 0.900 bits per heavy atom. The van der Waals surface area contributed by atoms with Gasteiger partial charge in [0.25, 0.3) is 0 Å². The number of halogens is 1. The van der Waals surface area contributed by atoms with Crippen molar-refractivity contribution in [3.05, 3.63) is 66.6 Å². The lowest BCUT2D eigenvalue weighted by Crippen LogP contribution is -2.46. The van der Waals surface area contributed by atoms with Crippen LogP contribution in [-0.4, -0.2) is 57.5 Å². The lowest BCUT2D eigenvalue weighted by molar-refractivity contribution is 0.176. The Morgan fingerprint density at radius 2 is 1.63 bits per heavy atom. The van der Waals surface area contributed by atoms with Crippen molar-refractivity contribution in [2.45, 2.75) is 6.92 Å². The third-order valence-electron chi connectivity index (χ3n) is 5.63. The van der Waals surface area contributed by atoms with E-state index in [0.29, 0.717) is 13.1 Å². The summed E-state index contributed by atoms with van der Waals surface area (Å²) in [6.45, 7) is 4.61. The van der Waals surface area contributed by atoms with E-state index in [9.17, 15) is 4.39 Å². The number of aryl methyl sites for hydroxylation is 1. The molecule has 152 valence electrons. The number of nitrogens with zero attached hydrogens (tertiary/aromatic N) is 6. The second kappa shape index (κ2) is 7.84. The van der Waals surface area contributed by atoms with Crippen molar-refractivity contribution in [1.82, 2.24) is 24.5 Å². The van der Waals surface area contributed by atoms with Gasteiger partial charge in [-0.25, -0.2) is 13.9 Å². The van der Waals surface area contributed by atoms with Gasteiger partial charge in [0, 0.05) is 50.3 Å². The zero-order valence-electron chi connectivity index (χ0n) is 16.9. The van der Waals surface area contributed by atoms with E-state index >= 15 is 0 Å². The molecule has 1 fully saturated rings. The predicted octanol–water partition coefficient (Wildman–Crippen LogP) is 3.82. The molecule has 30 heavy (non-hydrogen) atoms. The second-order valence-corrected chi connectivity index (χ2v) is 7.60. The van der Waals surface area contributed by atoms with Gasteiger partial charge in [-0.1, -0.05) is 29.8 Å². The normalized spacial score (nSPS) is 15.1. The summed E-state index contributed by atoms with van der Waals surface area (Å²) in [7, 11) is 0. The molecule has 0 amide bonds. The maximum atomic E-state index is 12.9. The topological polar surface area (TPSA) is 49.6 Å². The molecule has 4 heterocycles. The molecular weight excluding hydrogens is 378 g/mol. The van der Waals surface area contributed by atoms with Crippen molar-refractivity contribution in [2.24, 2.45) is 0 Å². The standard InChI is InChI=1S/C23H23FN6/c1-17-2-4-19(5-3-17)22-21(18-6-9-25-10-7-18)23-26-20(8-11-30(23)27-22)29-14-12-28(16-24)13-15-29/h2-11H,12-16H2,1H3/i24-1. The molecule has 0 unspecified atom stereocenters. The number of alkyl halides is 1. The van der Waals surface area contributed by atoms with Crippen LogP contribution in [0.5, 0.6) is 0 Å². The number of piperazine rings is 1. The number of anilines is 1. The molecule has 1 aliphatic heterocycles. The third kappa shape index (κ3) is 3.41. The summed E-state index contributed by atoms with van der Waals surface area (Å²) in [5, 5.41) is 4.86. The number of aromatic nitrogens is 4. The van der Waals surface area contributed by atoms with Crippen molar-refractivity contribution >= 4 is 11.5 Å². The van der Waals surface area contributed by atoms with Crippen molar-refractivity contribution in [3.63, 3.8) is 0 Å². The Kier molecular flexibility index (Phi) is 4.88. The van der Waals surface area contributed by atoms with Gasteiger partial charge in [0.2, 0.25) is 0 Å². The number of rotatable bonds is 4. The van der Waals surface area contributed by atoms with Gasteiger partial charge in [-0.3, -0.25) is 9.88 Å². The molecule has 1 aliphatic rings. The average molecular weight is 401 g/mol. The first-order valence-electron chi connectivity index (χ1n) is 10.1. The molecule has 7 heteroatoms. The monoisotopic (exact) mass is 401 g/mol. The summed E-state index contributed by atoms with van der Waals surface area (Å²) in [6.07, 6.45) is 5.54. The first-order chi connectivity index (χ1) is 14.7. The highest BCUT2D eigenvalue weighted by Crippen LogP contribution is 2.35. The maximum absolute atomic E-state index is 12.9. The zero-order chi connectivity index (χ0) is 20.5. The van der Waals surface area contributed by atoms with Crippen LogP contribution in [0.25, 0.3) is 28.0 Å². The summed E-state index contributed by atoms with van der Waals surface area (Å²) >= 11 is 0. The fraction of sp³-hybridized carbons (Fsp3) is 0.261. The fourth-order valence-corrected chi connectivity index (χ4v) is 3.89. The molecule has 5 rings (SSSR count).